The first kappa shape index (κ1) is 28.2. The molecule has 7 nitrogen and oxygen atoms in total. The van der Waals surface area contributed by atoms with Gasteiger partial charge in [0.15, 0.2) is 0 Å². The third-order valence-electron chi connectivity index (χ3n) is 6.06. The number of hydrogen-bond acceptors (Lipinski definition) is 4. The molecule has 0 aliphatic carbocycles. The van der Waals surface area contributed by atoms with Gasteiger partial charge in [-0.1, -0.05) is 60.1 Å². The second-order valence-corrected chi connectivity index (χ2v) is 11.1. The van der Waals surface area contributed by atoms with Crippen molar-refractivity contribution >= 4 is 39.1 Å². The molecule has 196 valence electrons. The Morgan fingerprint density at radius 2 is 1.62 bits per heavy atom. The fourth-order valence-corrected chi connectivity index (χ4v) is 5.62. The van der Waals surface area contributed by atoms with Crippen LogP contribution >= 0.6 is 11.6 Å². The van der Waals surface area contributed by atoms with Crippen LogP contribution in [-0.4, -0.2) is 44.3 Å². The molecule has 0 aliphatic heterocycles. The lowest BCUT2D eigenvalue weighted by Crippen LogP contribution is -2.51. The summed E-state index contributed by atoms with van der Waals surface area (Å²) in [5.41, 5.74) is 2.61. The molecule has 37 heavy (non-hydrogen) atoms. The molecule has 3 rings (SSSR count). The van der Waals surface area contributed by atoms with Crippen LogP contribution in [0.15, 0.2) is 77.7 Å². The lowest BCUT2D eigenvalue weighted by atomic mass is 10.1. The van der Waals surface area contributed by atoms with Gasteiger partial charge in [0.1, 0.15) is 12.6 Å². The highest BCUT2D eigenvalue weighted by molar-refractivity contribution is 7.92. The molecule has 0 aliphatic rings. The molecule has 0 saturated carbocycles. The van der Waals surface area contributed by atoms with Crippen LogP contribution in [0.3, 0.4) is 0 Å². The molecule has 1 N–H and O–H groups in total. The molecular formula is C28H32ClN3O4S. The van der Waals surface area contributed by atoms with Crippen LogP contribution < -0.4 is 9.62 Å². The van der Waals surface area contributed by atoms with Crippen molar-refractivity contribution in [2.24, 2.45) is 0 Å². The molecule has 0 aromatic heterocycles. The molecule has 1 atom stereocenters. The number of likely N-dealkylation sites (N-methyl/N-ethyl adjacent to an activating group) is 1. The first-order valence-electron chi connectivity index (χ1n) is 12.0. The molecule has 2 amide bonds. The third-order valence-corrected chi connectivity index (χ3v) is 8.20. The van der Waals surface area contributed by atoms with E-state index in [1.54, 1.807) is 69.3 Å². The first-order valence-corrected chi connectivity index (χ1v) is 13.8. The number of nitrogens with one attached hydrogen (secondary N) is 1. The van der Waals surface area contributed by atoms with Crippen molar-refractivity contribution in [1.82, 2.24) is 10.2 Å². The van der Waals surface area contributed by atoms with E-state index < -0.39 is 28.5 Å². The third kappa shape index (κ3) is 6.70. The van der Waals surface area contributed by atoms with Crippen molar-refractivity contribution in [3.8, 4) is 0 Å². The molecule has 0 fully saturated rings. The van der Waals surface area contributed by atoms with Crippen LogP contribution in [-0.2, 0) is 26.2 Å². The normalized spacial score (nSPS) is 12.0. The Kier molecular flexibility index (Phi) is 9.34. The summed E-state index contributed by atoms with van der Waals surface area (Å²) in [6.07, 6.45) is 0. The highest BCUT2D eigenvalue weighted by atomic mass is 35.5. The van der Waals surface area contributed by atoms with Gasteiger partial charge in [0.25, 0.3) is 10.0 Å². The van der Waals surface area contributed by atoms with Gasteiger partial charge in [-0.3, -0.25) is 13.9 Å². The summed E-state index contributed by atoms with van der Waals surface area (Å²) < 4.78 is 28.8. The average Bonchev–Trinajstić information content (AvgIpc) is 2.88. The summed E-state index contributed by atoms with van der Waals surface area (Å²) in [5, 5.41) is 3.19. The average molecular weight is 542 g/mol. The second-order valence-electron chi connectivity index (χ2n) is 8.80. The molecule has 3 aromatic carbocycles. The van der Waals surface area contributed by atoms with Gasteiger partial charge in [0.05, 0.1) is 10.6 Å². The maximum absolute atomic E-state index is 13.9. The van der Waals surface area contributed by atoms with E-state index in [9.17, 15) is 18.0 Å². The SMILES string of the molecule is CCNC(=O)[C@@H](C)N(Cc1ccccc1Cl)C(=O)CN(c1cc(C)ccc1C)S(=O)(=O)c1ccccc1. The molecule has 0 bridgehead atoms. The highest BCUT2D eigenvalue weighted by Crippen LogP contribution is 2.28. The Bertz CT molecular complexity index is 1360. The van der Waals surface area contributed by atoms with Crippen LogP contribution in [0.5, 0.6) is 0 Å². The first-order chi connectivity index (χ1) is 17.6. The predicted molar refractivity (Wildman–Crippen MR) is 147 cm³/mol. The molecule has 0 unspecified atom stereocenters. The topological polar surface area (TPSA) is 86.8 Å². The maximum Gasteiger partial charge on any atom is 0.264 e. The van der Waals surface area contributed by atoms with Gasteiger partial charge >= 0.3 is 0 Å². The van der Waals surface area contributed by atoms with E-state index in [-0.39, 0.29) is 17.3 Å². The molecule has 0 saturated heterocycles. The lowest BCUT2D eigenvalue weighted by molar-refractivity contribution is -0.139. The van der Waals surface area contributed by atoms with Gasteiger partial charge in [-0.25, -0.2) is 8.42 Å². The number of amides is 2. The Hall–Kier alpha value is -3.36. The highest BCUT2D eigenvalue weighted by Gasteiger charge is 2.33. The van der Waals surface area contributed by atoms with Gasteiger partial charge in [0.2, 0.25) is 11.8 Å². The second kappa shape index (κ2) is 12.3. The predicted octanol–water partition coefficient (Wildman–Crippen LogP) is 4.71. The van der Waals surface area contributed by atoms with E-state index in [0.29, 0.717) is 28.4 Å². The Labute approximate surface area is 224 Å². The molecule has 0 spiro atoms. The van der Waals surface area contributed by atoms with E-state index in [0.717, 1.165) is 9.87 Å². The lowest BCUT2D eigenvalue weighted by Gasteiger charge is -2.32. The summed E-state index contributed by atoms with van der Waals surface area (Å²) in [7, 11) is -4.10. The van der Waals surface area contributed by atoms with Crippen LogP contribution in [0, 0.1) is 13.8 Å². The molecule has 0 heterocycles. The monoisotopic (exact) mass is 541 g/mol. The smallest absolute Gasteiger partial charge is 0.264 e. The zero-order valence-corrected chi connectivity index (χ0v) is 23.0. The van der Waals surface area contributed by atoms with Crippen molar-refractivity contribution in [1.29, 1.82) is 0 Å². The van der Waals surface area contributed by atoms with Crippen LogP contribution in [0.25, 0.3) is 0 Å². The number of carbonyl (C=O) groups excluding carboxylic acids is 2. The van der Waals surface area contributed by atoms with E-state index in [1.165, 1.54) is 17.0 Å². The Morgan fingerprint density at radius 1 is 0.973 bits per heavy atom. The van der Waals surface area contributed by atoms with E-state index in [4.69, 9.17) is 11.6 Å². The van der Waals surface area contributed by atoms with Gasteiger partial charge < -0.3 is 10.2 Å². The number of halogens is 1. The fourth-order valence-electron chi connectivity index (χ4n) is 3.94. The summed E-state index contributed by atoms with van der Waals surface area (Å²) in [6, 6.07) is 19.6. The van der Waals surface area contributed by atoms with E-state index in [2.05, 4.69) is 5.32 Å². The van der Waals surface area contributed by atoms with Crippen molar-refractivity contribution in [3.63, 3.8) is 0 Å². The van der Waals surface area contributed by atoms with Crippen molar-refractivity contribution in [2.75, 3.05) is 17.4 Å². The number of rotatable bonds is 10. The van der Waals surface area contributed by atoms with Crippen LogP contribution in [0.1, 0.15) is 30.5 Å². The summed E-state index contributed by atoms with van der Waals surface area (Å²) in [5.74, 6) is -0.869. The van der Waals surface area contributed by atoms with E-state index in [1.807, 2.05) is 19.1 Å². The number of carbonyl (C=O) groups is 2. The molecule has 0 radical (unpaired) electrons. The van der Waals surface area contributed by atoms with Crippen LogP contribution in [0.2, 0.25) is 5.02 Å². The van der Waals surface area contributed by atoms with Gasteiger partial charge in [-0.15, -0.1) is 0 Å². The zero-order chi connectivity index (χ0) is 27.2. The van der Waals surface area contributed by atoms with Gasteiger partial charge in [-0.2, -0.15) is 0 Å². The van der Waals surface area contributed by atoms with E-state index >= 15 is 0 Å². The maximum atomic E-state index is 13.9. The minimum absolute atomic E-state index is 0.0445. The van der Waals surface area contributed by atoms with Crippen molar-refractivity contribution in [2.45, 2.75) is 45.2 Å². The van der Waals surface area contributed by atoms with Crippen molar-refractivity contribution in [3.05, 3.63) is 94.5 Å². The number of anilines is 1. The standard InChI is InChI=1S/C28H32ClN3O4S/c1-5-30-28(34)22(4)31(18-23-11-9-10-14-25(23)29)27(33)19-32(26-17-20(2)15-16-21(26)3)37(35,36)24-12-7-6-8-13-24/h6-17,22H,5,18-19H2,1-4H3,(H,30,34)/t22-/m1/s1. The molecule has 9 heteroatoms. The van der Waals surface area contributed by atoms with Crippen LogP contribution in [0.4, 0.5) is 5.69 Å². The number of nitrogens with zero attached hydrogens (tertiary/aromatic N) is 2. The fraction of sp³-hybridized carbons (Fsp3) is 0.286. The summed E-state index contributed by atoms with van der Waals surface area (Å²) >= 11 is 6.37. The zero-order valence-electron chi connectivity index (χ0n) is 21.4. The minimum Gasteiger partial charge on any atom is -0.355 e. The Balaban J connectivity index is 2.07. The number of sulfonamides is 1. The Morgan fingerprint density at radius 3 is 2.27 bits per heavy atom. The number of benzene rings is 3. The van der Waals surface area contributed by atoms with Gasteiger partial charge in [0, 0.05) is 18.1 Å². The molecular weight excluding hydrogens is 510 g/mol. The minimum atomic E-state index is -4.10. The summed E-state index contributed by atoms with van der Waals surface area (Å²) in [4.78, 5) is 28.1. The number of hydrogen-bond donors (Lipinski definition) is 1. The largest absolute Gasteiger partial charge is 0.355 e. The number of aryl methyl sites for hydroxylation is 2. The van der Waals surface area contributed by atoms with Gasteiger partial charge in [-0.05, 0) is 68.7 Å². The quantitative estimate of drug-likeness (QED) is 0.403. The van der Waals surface area contributed by atoms with Crippen molar-refractivity contribution < 1.29 is 18.0 Å². The summed E-state index contributed by atoms with van der Waals surface area (Å²) in [6.45, 7) is 7.02. The molecule has 3 aromatic rings.